The van der Waals surface area contributed by atoms with Crippen LogP contribution in [0.3, 0.4) is 0 Å². The Morgan fingerprint density at radius 3 is 3.05 bits per heavy atom. The Balaban J connectivity index is 1.74. The lowest BCUT2D eigenvalue weighted by Gasteiger charge is -2.23. The maximum atomic E-state index is 10.0. The van der Waals surface area contributed by atoms with Gasteiger partial charge in [0, 0.05) is 5.92 Å². The Kier molecular flexibility index (Phi) is 3.92. The molecule has 1 aromatic heterocycles. The molecule has 0 radical (unpaired) electrons. The molecule has 0 bridgehead atoms. The molecule has 0 saturated heterocycles. The highest BCUT2D eigenvalue weighted by Gasteiger charge is 2.21. The van der Waals surface area contributed by atoms with Gasteiger partial charge in [0.15, 0.2) is 12.4 Å². The number of rotatable bonds is 4. The number of benzene rings is 1. The molecular formula is C16H20N2O3. The van der Waals surface area contributed by atoms with Gasteiger partial charge in [0.25, 0.3) is 5.89 Å². The highest BCUT2D eigenvalue weighted by atomic mass is 16.5. The molecule has 0 aliphatic heterocycles. The van der Waals surface area contributed by atoms with Crippen molar-refractivity contribution in [2.45, 2.75) is 51.7 Å². The highest BCUT2D eigenvalue weighted by Crippen LogP contribution is 2.35. The Morgan fingerprint density at radius 2 is 2.29 bits per heavy atom. The molecule has 1 unspecified atom stereocenters. The summed E-state index contributed by atoms with van der Waals surface area (Å²) >= 11 is 0. The number of fused-ring (bicyclic) bond motifs is 1. The van der Waals surface area contributed by atoms with E-state index in [2.05, 4.69) is 10.1 Å². The van der Waals surface area contributed by atoms with Gasteiger partial charge in [-0.2, -0.15) is 4.98 Å². The summed E-state index contributed by atoms with van der Waals surface area (Å²) in [5, 5.41) is 14.0. The van der Waals surface area contributed by atoms with E-state index in [1.807, 2.05) is 32.0 Å². The van der Waals surface area contributed by atoms with Crippen LogP contribution in [0.1, 0.15) is 61.6 Å². The highest BCUT2D eigenvalue weighted by molar-refractivity contribution is 5.42. The van der Waals surface area contributed by atoms with Gasteiger partial charge in [0.1, 0.15) is 5.75 Å². The molecule has 1 N–H and O–H groups in total. The first kappa shape index (κ1) is 14.1. The molecule has 5 nitrogen and oxygen atoms in total. The van der Waals surface area contributed by atoms with Crippen molar-refractivity contribution in [1.29, 1.82) is 0 Å². The Morgan fingerprint density at radius 1 is 1.43 bits per heavy atom. The average molecular weight is 288 g/mol. The van der Waals surface area contributed by atoms with Crippen molar-refractivity contribution in [3.05, 3.63) is 41.0 Å². The zero-order chi connectivity index (χ0) is 14.8. The molecule has 1 atom stereocenters. The van der Waals surface area contributed by atoms with E-state index in [1.54, 1.807) is 0 Å². The number of ether oxygens (including phenoxy) is 1. The van der Waals surface area contributed by atoms with E-state index in [9.17, 15) is 5.11 Å². The summed E-state index contributed by atoms with van der Waals surface area (Å²) in [6.07, 6.45) is 2.35. The van der Waals surface area contributed by atoms with Crippen molar-refractivity contribution in [3.63, 3.8) is 0 Å². The number of aliphatic hydroxyl groups excluding tert-OH is 1. The van der Waals surface area contributed by atoms with Crippen molar-refractivity contribution in [1.82, 2.24) is 10.1 Å². The fourth-order valence-corrected chi connectivity index (χ4v) is 2.63. The number of hydrogen-bond donors (Lipinski definition) is 1. The number of aliphatic hydroxyl groups is 1. The molecule has 1 aliphatic rings. The second-order valence-corrected chi connectivity index (χ2v) is 5.72. The molecule has 112 valence electrons. The lowest BCUT2D eigenvalue weighted by atomic mass is 9.89. The van der Waals surface area contributed by atoms with Gasteiger partial charge in [-0.05, 0) is 36.5 Å². The third-order valence-corrected chi connectivity index (χ3v) is 3.78. The molecule has 3 rings (SSSR count). The summed E-state index contributed by atoms with van der Waals surface area (Å²) in [6.45, 7) is 4.29. The predicted molar refractivity (Wildman–Crippen MR) is 77.1 cm³/mol. The van der Waals surface area contributed by atoms with Gasteiger partial charge in [-0.15, -0.1) is 0 Å². The lowest BCUT2D eigenvalue weighted by Crippen LogP contribution is -2.11. The number of nitrogens with zero attached hydrogens (tertiary/aromatic N) is 2. The van der Waals surface area contributed by atoms with Crippen molar-refractivity contribution in [3.8, 4) is 5.75 Å². The van der Waals surface area contributed by atoms with Crippen LogP contribution in [0.5, 0.6) is 5.75 Å². The van der Waals surface area contributed by atoms with E-state index in [4.69, 9.17) is 9.26 Å². The monoisotopic (exact) mass is 288 g/mol. The van der Waals surface area contributed by atoms with Crippen LogP contribution in [0.25, 0.3) is 0 Å². The van der Waals surface area contributed by atoms with Crippen LogP contribution in [-0.4, -0.2) is 15.2 Å². The first-order chi connectivity index (χ1) is 10.1. The van der Waals surface area contributed by atoms with Gasteiger partial charge >= 0.3 is 0 Å². The Labute approximate surface area is 123 Å². The van der Waals surface area contributed by atoms with E-state index >= 15 is 0 Å². The zero-order valence-corrected chi connectivity index (χ0v) is 12.4. The smallest absolute Gasteiger partial charge is 0.264 e. The summed E-state index contributed by atoms with van der Waals surface area (Å²) in [5.74, 6) is 2.21. The Bertz CT molecular complexity index is 622. The minimum atomic E-state index is -0.381. The molecule has 0 fully saturated rings. The van der Waals surface area contributed by atoms with E-state index < -0.39 is 0 Å². The molecule has 1 aromatic carbocycles. The van der Waals surface area contributed by atoms with Crippen molar-refractivity contribution in [2.75, 3.05) is 0 Å². The van der Waals surface area contributed by atoms with E-state index in [0.717, 1.165) is 36.1 Å². The normalized spacial score (nSPS) is 17.8. The van der Waals surface area contributed by atoms with Crippen molar-refractivity contribution >= 4 is 0 Å². The largest absolute Gasteiger partial charge is 0.483 e. The van der Waals surface area contributed by atoms with Gasteiger partial charge < -0.3 is 14.4 Å². The fourth-order valence-electron chi connectivity index (χ4n) is 2.63. The van der Waals surface area contributed by atoms with E-state index in [1.165, 1.54) is 0 Å². The van der Waals surface area contributed by atoms with E-state index in [0.29, 0.717) is 11.7 Å². The van der Waals surface area contributed by atoms with Gasteiger partial charge in [-0.1, -0.05) is 31.1 Å². The van der Waals surface area contributed by atoms with Crippen molar-refractivity contribution in [2.24, 2.45) is 0 Å². The topological polar surface area (TPSA) is 68.4 Å². The van der Waals surface area contributed by atoms with Crippen LogP contribution in [0.2, 0.25) is 0 Å². The second kappa shape index (κ2) is 5.85. The molecular weight excluding hydrogens is 268 g/mol. The maximum Gasteiger partial charge on any atom is 0.264 e. The van der Waals surface area contributed by atoms with Gasteiger partial charge in [0.05, 0.1) is 6.10 Å². The molecule has 1 aliphatic carbocycles. The van der Waals surface area contributed by atoms with Gasteiger partial charge in [-0.3, -0.25) is 0 Å². The van der Waals surface area contributed by atoms with Gasteiger partial charge in [0.2, 0.25) is 0 Å². The van der Waals surface area contributed by atoms with Crippen LogP contribution in [-0.2, 0) is 13.0 Å². The molecule has 5 heteroatoms. The summed E-state index contributed by atoms with van der Waals surface area (Å²) < 4.78 is 11.0. The molecule has 0 saturated carbocycles. The van der Waals surface area contributed by atoms with E-state index in [-0.39, 0.29) is 18.6 Å². The fraction of sp³-hybridized carbons (Fsp3) is 0.500. The quantitative estimate of drug-likeness (QED) is 0.936. The summed E-state index contributed by atoms with van der Waals surface area (Å²) in [7, 11) is 0. The minimum absolute atomic E-state index is 0.238. The summed E-state index contributed by atoms with van der Waals surface area (Å²) in [4.78, 5) is 4.30. The van der Waals surface area contributed by atoms with Crippen molar-refractivity contribution < 1.29 is 14.4 Å². The maximum absolute atomic E-state index is 10.0. The third kappa shape index (κ3) is 2.93. The van der Waals surface area contributed by atoms with Gasteiger partial charge in [-0.25, -0.2) is 0 Å². The van der Waals surface area contributed by atoms with Crippen LogP contribution in [0, 0.1) is 0 Å². The lowest BCUT2D eigenvalue weighted by molar-refractivity contribution is 0.154. The summed E-state index contributed by atoms with van der Waals surface area (Å²) in [5.41, 5.74) is 2.08. The van der Waals surface area contributed by atoms with Crippen LogP contribution < -0.4 is 4.74 Å². The van der Waals surface area contributed by atoms with Crippen LogP contribution in [0.4, 0.5) is 0 Å². The first-order valence-electron chi connectivity index (χ1n) is 7.40. The predicted octanol–water partition coefficient (Wildman–Crippen LogP) is 3.14. The first-order valence-corrected chi connectivity index (χ1v) is 7.40. The molecule has 0 amide bonds. The minimum Gasteiger partial charge on any atom is -0.483 e. The zero-order valence-electron chi connectivity index (χ0n) is 12.4. The second-order valence-electron chi connectivity index (χ2n) is 5.72. The molecule has 1 heterocycles. The third-order valence-electron chi connectivity index (χ3n) is 3.78. The number of hydrogen-bond acceptors (Lipinski definition) is 5. The standard InChI is InChI=1S/C16H20N2O3/c1-10(2)16-17-15(21-18-16)9-20-14-8-4-5-11-12(14)6-3-7-13(11)19/h4-5,8,10,13,19H,3,6-7,9H2,1-2H3. The Hall–Kier alpha value is -1.88. The molecule has 2 aromatic rings. The molecule has 21 heavy (non-hydrogen) atoms. The van der Waals surface area contributed by atoms with Crippen LogP contribution in [0.15, 0.2) is 22.7 Å². The van der Waals surface area contributed by atoms with Crippen LogP contribution >= 0.6 is 0 Å². The SMILES string of the molecule is CC(C)c1noc(COc2cccc3c2CCCC3O)n1. The number of aromatic nitrogens is 2. The summed E-state index contributed by atoms with van der Waals surface area (Å²) in [6, 6.07) is 5.81. The average Bonchev–Trinajstić information content (AvgIpc) is 2.95. The molecule has 0 spiro atoms.